The van der Waals surface area contributed by atoms with Gasteiger partial charge in [0.15, 0.2) is 6.29 Å². The number of aliphatic hydroxyl groups excluding tert-OH is 2. The summed E-state index contributed by atoms with van der Waals surface area (Å²) in [5.41, 5.74) is 0.880. The molecule has 1 saturated heterocycles. The van der Waals surface area contributed by atoms with Crippen molar-refractivity contribution in [1.82, 2.24) is 0 Å². The van der Waals surface area contributed by atoms with E-state index < -0.39 is 24.1 Å². The zero-order chi connectivity index (χ0) is 15.0. The van der Waals surface area contributed by atoms with Crippen molar-refractivity contribution < 1.29 is 24.1 Å². The summed E-state index contributed by atoms with van der Waals surface area (Å²) < 4.78 is 15.8. The highest BCUT2D eigenvalue weighted by atomic mass is 16.6. The van der Waals surface area contributed by atoms with Gasteiger partial charge in [-0.15, -0.1) is 0 Å². The Balaban J connectivity index is 1.77. The standard InChI is InChI=1S/C15H16O6/c1-8-4-14(17)20-12-5-9(2-3-10(8)12)19-7-13-11(16)6-15(18)21-13/h2-5,11,13,15-16,18H,6-7H2,1H3/t11-,13+,15?/m1/s1. The smallest absolute Gasteiger partial charge is 0.336 e. The Morgan fingerprint density at radius 3 is 2.86 bits per heavy atom. The third kappa shape index (κ3) is 2.92. The highest BCUT2D eigenvalue weighted by molar-refractivity contribution is 5.81. The van der Waals surface area contributed by atoms with E-state index in [-0.39, 0.29) is 13.0 Å². The molecule has 2 aromatic rings. The van der Waals surface area contributed by atoms with E-state index in [1.165, 1.54) is 6.07 Å². The summed E-state index contributed by atoms with van der Waals surface area (Å²) in [6.07, 6.45) is -2.09. The van der Waals surface area contributed by atoms with Crippen LogP contribution in [-0.4, -0.2) is 35.3 Å². The lowest BCUT2D eigenvalue weighted by Crippen LogP contribution is -2.28. The molecule has 1 aliphatic heterocycles. The first-order chi connectivity index (χ1) is 10.0. The van der Waals surface area contributed by atoms with Crippen molar-refractivity contribution in [2.75, 3.05) is 6.61 Å². The molecule has 1 aromatic carbocycles. The van der Waals surface area contributed by atoms with Crippen LogP contribution in [-0.2, 0) is 4.74 Å². The zero-order valence-electron chi connectivity index (χ0n) is 11.5. The minimum absolute atomic E-state index is 0.111. The third-order valence-electron chi connectivity index (χ3n) is 3.54. The number of rotatable bonds is 3. The number of ether oxygens (including phenoxy) is 2. The Hall–Kier alpha value is -1.89. The Kier molecular flexibility index (Phi) is 3.67. The van der Waals surface area contributed by atoms with Crippen molar-refractivity contribution in [3.8, 4) is 5.75 Å². The number of aliphatic hydroxyl groups is 2. The van der Waals surface area contributed by atoms with Crippen LogP contribution in [0.1, 0.15) is 12.0 Å². The minimum atomic E-state index is -0.953. The molecule has 21 heavy (non-hydrogen) atoms. The fourth-order valence-corrected chi connectivity index (χ4v) is 2.43. The Bertz CT molecular complexity index is 707. The first-order valence-electron chi connectivity index (χ1n) is 6.72. The molecule has 0 saturated carbocycles. The van der Waals surface area contributed by atoms with Crippen LogP contribution >= 0.6 is 0 Å². The van der Waals surface area contributed by atoms with Crippen LogP contribution in [0, 0.1) is 6.92 Å². The Morgan fingerprint density at radius 2 is 2.14 bits per heavy atom. The van der Waals surface area contributed by atoms with Crippen LogP contribution in [0.25, 0.3) is 11.0 Å². The first kappa shape index (κ1) is 14.1. The van der Waals surface area contributed by atoms with E-state index in [2.05, 4.69) is 0 Å². The monoisotopic (exact) mass is 292 g/mol. The molecule has 0 bridgehead atoms. The molecule has 3 rings (SSSR count). The zero-order valence-corrected chi connectivity index (χ0v) is 11.5. The maximum atomic E-state index is 11.4. The summed E-state index contributed by atoms with van der Waals surface area (Å²) in [4.78, 5) is 11.4. The second-order valence-corrected chi connectivity index (χ2v) is 5.15. The largest absolute Gasteiger partial charge is 0.491 e. The summed E-state index contributed by atoms with van der Waals surface area (Å²) in [6, 6.07) is 6.63. The van der Waals surface area contributed by atoms with Gasteiger partial charge in [-0.05, 0) is 24.6 Å². The minimum Gasteiger partial charge on any atom is -0.491 e. The molecule has 0 aliphatic carbocycles. The maximum absolute atomic E-state index is 11.4. The normalized spacial score (nSPS) is 25.4. The fraction of sp³-hybridized carbons (Fsp3) is 0.400. The van der Waals surface area contributed by atoms with Gasteiger partial charge in [-0.2, -0.15) is 0 Å². The van der Waals surface area contributed by atoms with Gasteiger partial charge in [0, 0.05) is 23.9 Å². The molecule has 1 aliphatic rings. The van der Waals surface area contributed by atoms with Gasteiger partial charge in [0.05, 0.1) is 6.10 Å². The lowest BCUT2D eigenvalue weighted by atomic mass is 10.1. The lowest BCUT2D eigenvalue weighted by Gasteiger charge is -2.15. The van der Waals surface area contributed by atoms with Crippen molar-refractivity contribution in [1.29, 1.82) is 0 Å². The molecule has 1 aromatic heterocycles. The summed E-state index contributed by atoms with van der Waals surface area (Å²) in [6.45, 7) is 1.95. The third-order valence-corrected chi connectivity index (χ3v) is 3.54. The SMILES string of the molecule is Cc1cc(=O)oc2cc(OC[C@@H]3OC(O)C[C@H]3O)ccc12. The molecule has 6 heteroatoms. The molecule has 1 fully saturated rings. The predicted molar refractivity (Wildman–Crippen MR) is 74.2 cm³/mol. The summed E-state index contributed by atoms with van der Waals surface area (Å²) in [5.74, 6) is 0.508. The van der Waals surface area contributed by atoms with Crippen LogP contribution in [0.4, 0.5) is 0 Å². The van der Waals surface area contributed by atoms with Crippen molar-refractivity contribution >= 4 is 11.0 Å². The molecule has 0 radical (unpaired) electrons. The molecule has 2 N–H and O–H groups in total. The molecule has 1 unspecified atom stereocenters. The second-order valence-electron chi connectivity index (χ2n) is 5.15. The number of hydrogen-bond acceptors (Lipinski definition) is 6. The van der Waals surface area contributed by atoms with Gasteiger partial charge in [-0.1, -0.05) is 0 Å². The quantitative estimate of drug-likeness (QED) is 0.819. The van der Waals surface area contributed by atoms with Crippen molar-refractivity contribution in [3.63, 3.8) is 0 Å². The van der Waals surface area contributed by atoms with Crippen LogP contribution in [0.3, 0.4) is 0 Å². The van der Waals surface area contributed by atoms with E-state index in [4.69, 9.17) is 13.9 Å². The molecular weight excluding hydrogens is 276 g/mol. The maximum Gasteiger partial charge on any atom is 0.336 e. The number of aryl methyl sites for hydroxylation is 1. The Labute approximate surface area is 120 Å². The van der Waals surface area contributed by atoms with Crippen LogP contribution < -0.4 is 10.4 Å². The average molecular weight is 292 g/mol. The first-order valence-corrected chi connectivity index (χ1v) is 6.72. The topological polar surface area (TPSA) is 89.1 Å². The molecule has 2 heterocycles. The fourth-order valence-electron chi connectivity index (χ4n) is 2.43. The van der Waals surface area contributed by atoms with Gasteiger partial charge in [0.25, 0.3) is 0 Å². The van der Waals surface area contributed by atoms with Crippen LogP contribution in [0.5, 0.6) is 5.75 Å². The van der Waals surface area contributed by atoms with Gasteiger partial charge in [-0.3, -0.25) is 0 Å². The summed E-state index contributed by atoms with van der Waals surface area (Å²) >= 11 is 0. The Morgan fingerprint density at radius 1 is 1.33 bits per heavy atom. The summed E-state index contributed by atoms with van der Waals surface area (Å²) in [5, 5.41) is 19.8. The average Bonchev–Trinajstić information content (AvgIpc) is 2.74. The van der Waals surface area contributed by atoms with E-state index in [0.717, 1.165) is 10.9 Å². The van der Waals surface area contributed by atoms with E-state index in [0.29, 0.717) is 11.3 Å². The highest BCUT2D eigenvalue weighted by Crippen LogP contribution is 2.24. The summed E-state index contributed by atoms with van der Waals surface area (Å²) in [7, 11) is 0. The molecule has 0 spiro atoms. The highest BCUT2D eigenvalue weighted by Gasteiger charge is 2.33. The van der Waals surface area contributed by atoms with E-state index >= 15 is 0 Å². The van der Waals surface area contributed by atoms with E-state index in [1.807, 2.05) is 13.0 Å². The van der Waals surface area contributed by atoms with Crippen molar-refractivity contribution in [2.24, 2.45) is 0 Å². The predicted octanol–water partition coefficient (Wildman–Crippen LogP) is 0.948. The molecule has 6 nitrogen and oxygen atoms in total. The number of fused-ring (bicyclic) bond motifs is 1. The van der Waals surface area contributed by atoms with Crippen molar-refractivity contribution in [3.05, 3.63) is 40.2 Å². The van der Waals surface area contributed by atoms with E-state index in [9.17, 15) is 15.0 Å². The van der Waals surface area contributed by atoms with Crippen molar-refractivity contribution in [2.45, 2.75) is 31.8 Å². The van der Waals surface area contributed by atoms with Gasteiger partial charge < -0.3 is 24.1 Å². The van der Waals surface area contributed by atoms with E-state index in [1.54, 1.807) is 12.1 Å². The number of benzene rings is 1. The van der Waals surface area contributed by atoms with Crippen LogP contribution in [0.15, 0.2) is 33.5 Å². The van der Waals surface area contributed by atoms with Crippen LogP contribution in [0.2, 0.25) is 0 Å². The van der Waals surface area contributed by atoms with Gasteiger partial charge in [0.2, 0.25) is 0 Å². The van der Waals surface area contributed by atoms with Gasteiger partial charge in [-0.25, -0.2) is 4.79 Å². The molecule has 0 amide bonds. The van der Waals surface area contributed by atoms with Gasteiger partial charge in [0.1, 0.15) is 24.0 Å². The lowest BCUT2D eigenvalue weighted by molar-refractivity contribution is -0.104. The molecule has 112 valence electrons. The molecular formula is C15H16O6. The molecule has 3 atom stereocenters. The number of hydrogen-bond donors (Lipinski definition) is 2. The van der Waals surface area contributed by atoms with Gasteiger partial charge >= 0.3 is 5.63 Å². The second kappa shape index (κ2) is 5.48.